The predicted octanol–water partition coefficient (Wildman–Crippen LogP) is 2.08. The molecule has 0 aliphatic carbocycles. The Kier molecular flexibility index (Phi) is 3.87. The third-order valence-electron chi connectivity index (χ3n) is 2.80. The SMILES string of the molecule is N#Cc1ccc(CC(=O)c2cnccc2C(=O)O)cc1. The van der Waals surface area contributed by atoms with E-state index in [0.717, 1.165) is 0 Å². The van der Waals surface area contributed by atoms with E-state index in [1.165, 1.54) is 18.5 Å². The first-order valence-electron chi connectivity index (χ1n) is 5.81. The van der Waals surface area contributed by atoms with E-state index in [2.05, 4.69) is 4.98 Å². The Bertz CT molecular complexity index is 700. The van der Waals surface area contributed by atoms with E-state index in [9.17, 15) is 9.59 Å². The van der Waals surface area contributed by atoms with Crippen LogP contribution in [-0.2, 0) is 6.42 Å². The lowest BCUT2D eigenvalue weighted by Crippen LogP contribution is -2.11. The van der Waals surface area contributed by atoms with Gasteiger partial charge < -0.3 is 5.11 Å². The van der Waals surface area contributed by atoms with Gasteiger partial charge in [0, 0.05) is 18.8 Å². The highest BCUT2D eigenvalue weighted by Gasteiger charge is 2.16. The van der Waals surface area contributed by atoms with E-state index in [1.807, 2.05) is 6.07 Å². The van der Waals surface area contributed by atoms with Crippen LogP contribution in [0.25, 0.3) is 0 Å². The number of carbonyl (C=O) groups excluding carboxylic acids is 1. The number of rotatable bonds is 4. The maximum atomic E-state index is 12.1. The van der Waals surface area contributed by atoms with Gasteiger partial charge in [-0.25, -0.2) is 4.79 Å². The lowest BCUT2D eigenvalue weighted by molar-refractivity contribution is 0.0691. The van der Waals surface area contributed by atoms with Crippen molar-refractivity contribution in [1.82, 2.24) is 4.98 Å². The normalized spacial score (nSPS) is 9.75. The van der Waals surface area contributed by atoms with Gasteiger partial charge in [-0.15, -0.1) is 0 Å². The van der Waals surface area contributed by atoms with Gasteiger partial charge in [0.2, 0.25) is 0 Å². The summed E-state index contributed by atoms with van der Waals surface area (Å²) in [5, 5.41) is 17.7. The number of carboxylic acids is 1. The largest absolute Gasteiger partial charge is 0.478 e. The zero-order chi connectivity index (χ0) is 14.5. The van der Waals surface area contributed by atoms with Crippen molar-refractivity contribution in [3.63, 3.8) is 0 Å². The number of nitrogens with zero attached hydrogens (tertiary/aromatic N) is 2. The van der Waals surface area contributed by atoms with E-state index in [0.29, 0.717) is 11.1 Å². The fourth-order valence-corrected chi connectivity index (χ4v) is 1.78. The average Bonchev–Trinajstić information content (AvgIpc) is 2.48. The van der Waals surface area contributed by atoms with E-state index in [-0.39, 0.29) is 23.3 Å². The summed E-state index contributed by atoms with van der Waals surface area (Å²) in [6.07, 6.45) is 2.66. The van der Waals surface area contributed by atoms with Crippen LogP contribution in [0.15, 0.2) is 42.7 Å². The van der Waals surface area contributed by atoms with Crippen LogP contribution < -0.4 is 0 Å². The zero-order valence-corrected chi connectivity index (χ0v) is 10.4. The van der Waals surface area contributed by atoms with Crippen molar-refractivity contribution in [3.8, 4) is 6.07 Å². The van der Waals surface area contributed by atoms with Crippen molar-refractivity contribution >= 4 is 11.8 Å². The molecular formula is C15H10N2O3. The van der Waals surface area contributed by atoms with Crippen LogP contribution >= 0.6 is 0 Å². The highest BCUT2D eigenvalue weighted by Crippen LogP contribution is 2.12. The second-order valence-electron chi connectivity index (χ2n) is 4.14. The number of pyridine rings is 1. The summed E-state index contributed by atoms with van der Waals surface area (Å²) in [5.41, 5.74) is 1.26. The van der Waals surface area contributed by atoms with Gasteiger partial charge in [0.15, 0.2) is 5.78 Å². The minimum atomic E-state index is -1.16. The quantitative estimate of drug-likeness (QED) is 0.855. The first kappa shape index (κ1) is 13.4. The van der Waals surface area contributed by atoms with E-state index < -0.39 is 5.97 Å². The molecule has 1 aromatic heterocycles. The Labute approximate surface area is 115 Å². The first-order chi connectivity index (χ1) is 9.61. The van der Waals surface area contributed by atoms with Gasteiger partial charge in [-0.2, -0.15) is 5.26 Å². The number of hydrogen-bond acceptors (Lipinski definition) is 4. The van der Waals surface area contributed by atoms with Gasteiger partial charge in [-0.3, -0.25) is 9.78 Å². The number of carbonyl (C=O) groups is 2. The van der Waals surface area contributed by atoms with E-state index >= 15 is 0 Å². The van der Waals surface area contributed by atoms with Crippen LogP contribution in [0.4, 0.5) is 0 Å². The van der Waals surface area contributed by atoms with Crippen molar-refractivity contribution < 1.29 is 14.7 Å². The third kappa shape index (κ3) is 2.87. The third-order valence-corrected chi connectivity index (χ3v) is 2.80. The summed E-state index contributed by atoms with van der Waals surface area (Å²) >= 11 is 0. The molecule has 0 aliphatic heterocycles. The average molecular weight is 266 g/mol. The molecule has 5 nitrogen and oxygen atoms in total. The number of hydrogen-bond donors (Lipinski definition) is 1. The fraction of sp³-hybridized carbons (Fsp3) is 0.0667. The summed E-state index contributed by atoms with van der Waals surface area (Å²) in [7, 11) is 0. The van der Waals surface area contributed by atoms with Crippen molar-refractivity contribution in [2.45, 2.75) is 6.42 Å². The van der Waals surface area contributed by atoms with Crippen molar-refractivity contribution in [3.05, 3.63) is 65.0 Å². The molecule has 2 aromatic rings. The molecule has 0 spiro atoms. The highest BCUT2D eigenvalue weighted by atomic mass is 16.4. The predicted molar refractivity (Wildman–Crippen MR) is 70.4 cm³/mol. The summed E-state index contributed by atoms with van der Waals surface area (Å²) in [5.74, 6) is -1.48. The Balaban J connectivity index is 2.24. The van der Waals surface area contributed by atoms with Gasteiger partial charge in [0.25, 0.3) is 0 Å². The van der Waals surface area contributed by atoms with E-state index in [4.69, 9.17) is 10.4 Å². The van der Waals surface area contributed by atoms with Gasteiger partial charge in [-0.1, -0.05) is 12.1 Å². The summed E-state index contributed by atoms with van der Waals surface area (Å²) in [6, 6.07) is 9.87. The maximum Gasteiger partial charge on any atom is 0.336 e. The summed E-state index contributed by atoms with van der Waals surface area (Å²) < 4.78 is 0. The summed E-state index contributed by atoms with van der Waals surface area (Å²) in [6.45, 7) is 0. The molecule has 20 heavy (non-hydrogen) atoms. The molecule has 98 valence electrons. The number of aromatic carboxylic acids is 1. The molecule has 5 heteroatoms. The van der Waals surface area contributed by atoms with Crippen LogP contribution in [0.5, 0.6) is 0 Å². The molecule has 1 aromatic carbocycles. The van der Waals surface area contributed by atoms with Crippen molar-refractivity contribution in [2.24, 2.45) is 0 Å². The van der Waals surface area contributed by atoms with Gasteiger partial charge in [0.05, 0.1) is 22.8 Å². The van der Waals surface area contributed by atoms with Crippen molar-refractivity contribution in [2.75, 3.05) is 0 Å². The number of benzene rings is 1. The molecule has 0 saturated heterocycles. The number of ketones is 1. The number of carboxylic acid groups (broad SMARTS) is 1. The molecule has 1 N–H and O–H groups in total. The molecule has 0 radical (unpaired) electrons. The molecule has 0 fully saturated rings. The van der Waals surface area contributed by atoms with Crippen LogP contribution in [0, 0.1) is 11.3 Å². The second-order valence-corrected chi connectivity index (χ2v) is 4.14. The molecule has 0 saturated carbocycles. The molecule has 1 heterocycles. The lowest BCUT2D eigenvalue weighted by Gasteiger charge is -2.04. The molecule has 0 atom stereocenters. The monoisotopic (exact) mass is 266 g/mol. The Morgan fingerprint density at radius 3 is 2.45 bits per heavy atom. The molecule has 0 bridgehead atoms. The topological polar surface area (TPSA) is 91.0 Å². The van der Waals surface area contributed by atoms with Crippen molar-refractivity contribution in [1.29, 1.82) is 5.26 Å². The number of Topliss-reactive ketones (excluding diaryl/α,β-unsaturated/α-hetero) is 1. The van der Waals surface area contributed by atoms with Crippen LogP contribution in [0.3, 0.4) is 0 Å². The van der Waals surface area contributed by atoms with E-state index in [1.54, 1.807) is 24.3 Å². The minimum absolute atomic E-state index is 0.0568. The van der Waals surface area contributed by atoms with Crippen LogP contribution in [0.1, 0.15) is 31.8 Å². The number of aromatic nitrogens is 1. The Morgan fingerprint density at radius 2 is 1.85 bits per heavy atom. The first-order valence-corrected chi connectivity index (χ1v) is 5.81. The Hall–Kier alpha value is -3.00. The smallest absolute Gasteiger partial charge is 0.336 e. The second kappa shape index (κ2) is 5.76. The maximum absolute atomic E-state index is 12.1. The number of nitriles is 1. The standard InChI is InChI=1S/C15H10N2O3/c16-8-11-3-1-10(2-4-11)7-14(18)13-9-17-6-5-12(13)15(19)20/h1-6,9H,7H2,(H,19,20). The van der Waals surface area contributed by atoms with Gasteiger partial charge in [0.1, 0.15) is 0 Å². The molecule has 2 rings (SSSR count). The van der Waals surface area contributed by atoms with Gasteiger partial charge in [-0.05, 0) is 23.8 Å². The minimum Gasteiger partial charge on any atom is -0.478 e. The summed E-state index contributed by atoms with van der Waals surface area (Å²) in [4.78, 5) is 27.0. The zero-order valence-electron chi connectivity index (χ0n) is 10.4. The molecule has 0 unspecified atom stereocenters. The Morgan fingerprint density at radius 1 is 1.15 bits per heavy atom. The van der Waals surface area contributed by atoms with Crippen LogP contribution in [0.2, 0.25) is 0 Å². The highest BCUT2D eigenvalue weighted by molar-refractivity contribution is 6.06. The molecule has 0 aliphatic rings. The lowest BCUT2D eigenvalue weighted by atomic mass is 10.00. The molecular weight excluding hydrogens is 256 g/mol. The van der Waals surface area contributed by atoms with Crippen LogP contribution in [-0.4, -0.2) is 21.8 Å². The van der Waals surface area contributed by atoms with Gasteiger partial charge >= 0.3 is 5.97 Å². The fourth-order valence-electron chi connectivity index (χ4n) is 1.78. The molecule has 0 amide bonds.